The summed E-state index contributed by atoms with van der Waals surface area (Å²) in [6.07, 6.45) is 4.39. The summed E-state index contributed by atoms with van der Waals surface area (Å²) in [4.78, 5) is -0.158. The number of hydrogen-bond acceptors (Lipinski definition) is 4. The van der Waals surface area contributed by atoms with Gasteiger partial charge in [0.25, 0.3) is 0 Å². The molecule has 19 heavy (non-hydrogen) atoms. The first-order valence-corrected chi connectivity index (χ1v) is 8.06. The normalized spacial score (nSPS) is 24.3. The van der Waals surface area contributed by atoms with Crippen LogP contribution in [0.1, 0.15) is 31.7 Å². The molecule has 0 radical (unpaired) electrons. The van der Waals surface area contributed by atoms with E-state index in [0.717, 1.165) is 37.9 Å². The topological polar surface area (TPSA) is 66.4 Å². The van der Waals surface area contributed by atoms with E-state index in [1.807, 2.05) is 0 Å². The summed E-state index contributed by atoms with van der Waals surface area (Å²) in [7, 11) is -4.34. The van der Waals surface area contributed by atoms with Crippen molar-refractivity contribution in [1.82, 2.24) is 0 Å². The van der Waals surface area contributed by atoms with Crippen LogP contribution in [0.3, 0.4) is 0 Å². The van der Waals surface area contributed by atoms with Crippen LogP contribution in [-0.4, -0.2) is 25.7 Å². The molecule has 0 aliphatic carbocycles. The van der Waals surface area contributed by atoms with Crippen LogP contribution in [0, 0.1) is 5.92 Å². The fraction of sp³-hybridized carbons (Fsp3) is 0.571. The highest BCUT2D eigenvalue weighted by Crippen LogP contribution is 2.25. The molecule has 1 heterocycles. The molecule has 1 saturated heterocycles. The lowest BCUT2D eigenvalue weighted by Crippen LogP contribution is -2.26. The van der Waals surface area contributed by atoms with Crippen LogP contribution in [0.2, 0.25) is 0 Å². The molecule has 0 bridgehead atoms. The van der Waals surface area contributed by atoms with Gasteiger partial charge in [-0.25, -0.2) is 8.42 Å². The Morgan fingerprint density at radius 1 is 1.32 bits per heavy atom. The Morgan fingerprint density at radius 3 is 2.58 bits per heavy atom. The first-order chi connectivity index (χ1) is 8.99. The predicted molar refractivity (Wildman–Crippen MR) is 70.9 cm³/mol. The van der Waals surface area contributed by atoms with E-state index in [4.69, 9.17) is 4.74 Å². The van der Waals surface area contributed by atoms with E-state index in [-0.39, 0.29) is 4.90 Å². The molecule has 0 spiro atoms. The van der Waals surface area contributed by atoms with E-state index in [2.05, 4.69) is 6.92 Å². The van der Waals surface area contributed by atoms with Crippen LogP contribution in [0.15, 0.2) is 29.2 Å². The van der Waals surface area contributed by atoms with Gasteiger partial charge in [0.05, 0.1) is 11.0 Å². The maximum Gasteiger partial charge on any atom is 0.124 e. The molecule has 0 amide bonds. The average Bonchev–Trinajstić information content (AvgIpc) is 2.38. The van der Waals surface area contributed by atoms with Crippen molar-refractivity contribution < 1.29 is 17.7 Å². The molecule has 0 saturated carbocycles. The Hall–Kier alpha value is -0.910. The van der Waals surface area contributed by atoms with Crippen LogP contribution in [0.5, 0.6) is 0 Å². The monoisotopic (exact) mass is 283 g/mol. The average molecular weight is 283 g/mol. The lowest BCUT2D eigenvalue weighted by molar-refractivity contribution is -0.0102. The van der Waals surface area contributed by atoms with Gasteiger partial charge >= 0.3 is 0 Å². The van der Waals surface area contributed by atoms with E-state index < -0.39 is 10.1 Å². The van der Waals surface area contributed by atoms with Gasteiger partial charge in [-0.1, -0.05) is 19.1 Å². The third kappa shape index (κ3) is 4.03. The zero-order chi connectivity index (χ0) is 13.9. The van der Waals surface area contributed by atoms with Crippen molar-refractivity contribution >= 4 is 10.1 Å². The molecule has 5 heteroatoms. The second-order valence-electron chi connectivity index (χ2n) is 5.09. The first kappa shape index (κ1) is 14.5. The van der Waals surface area contributed by atoms with E-state index in [1.165, 1.54) is 12.1 Å². The smallest absolute Gasteiger partial charge is 0.124 e. The highest BCUT2D eigenvalue weighted by atomic mass is 32.2. The maximum absolute atomic E-state index is 10.8. The van der Waals surface area contributed by atoms with E-state index in [9.17, 15) is 13.0 Å². The van der Waals surface area contributed by atoms with Gasteiger partial charge in [-0.2, -0.15) is 0 Å². The fourth-order valence-electron chi connectivity index (χ4n) is 2.55. The number of hydrogen-bond donors (Lipinski definition) is 0. The molecule has 1 aromatic carbocycles. The predicted octanol–water partition coefficient (Wildman–Crippen LogP) is 2.34. The van der Waals surface area contributed by atoms with Gasteiger partial charge in [-0.15, -0.1) is 0 Å². The summed E-state index contributed by atoms with van der Waals surface area (Å²) in [6, 6.07) is 6.27. The summed E-state index contributed by atoms with van der Waals surface area (Å²) >= 11 is 0. The van der Waals surface area contributed by atoms with Gasteiger partial charge in [0, 0.05) is 6.61 Å². The molecule has 0 N–H and O–H groups in total. The SMILES string of the molecule is CCC1CC(Cc2ccc(S(=O)(=O)[O-])cc2)CCO1. The van der Waals surface area contributed by atoms with Gasteiger partial charge in [0.2, 0.25) is 0 Å². The van der Waals surface area contributed by atoms with Crippen molar-refractivity contribution in [2.45, 2.75) is 43.6 Å². The van der Waals surface area contributed by atoms with Gasteiger partial charge in [0.15, 0.2) is 0 Å². The Labute approximate surface area is 114 Å². The van der Waals surface area contributed by atoms with Gasteiger partial charge < -0.3 is 9.29 Å². The van der Waals surface area contributed by atoms with Crippen LogP contribution in [0.4, 0.5) is 0 Å². The molecule has 1 aliphatic heterocycles. The Balaban J connectivity index is 2.00. The Morgan fingerprint density at radius 2 is 2.00 bits per heavy atom. The molecule has 106 valence electrons. The van der Waals surface area contributed by atoms with Gasteiger partial charge in [0.1, 0.15) is 10.1 Å². The summed E-state index contributed by atoms with van der Waals surface area (Å²) in [6.45, 7) is 2.93. The Kier molecular flexibility index (Phi) is 4.60. The fourth-order valence-corrected chi connectivity index (χ4v) is 3.02. The third-order valence-corrected chi connectivity index (χ3v) is 4.52. The van der Waals surface area contributed by atoms with Gasteiger partial charge in [-0.3, -0.25) is 0 Å². The molecule has 2 rings (SSSR count). The second-order valence-corrected chi connectivity index (χ2v) is 6.47. The standard InChI is InChI=1S/C14H20O4S/c1-2-13-10-12(7-8-18-13)9-11-3-5-14(6-4-11)19(15,16)17/h3-6,12-13H,2,7-10H2,1H3,(H,15,16,17)/p-1. The largest absolute Gasteiger partial charge is 0.744 e. The van der Waals surface area contributed by atoms with Crippen LogP contribution < -0.4 is 0 Å². The summed E-state index contributed by atoms with van der Waals surface area (Å²) in [5.41, 5.74) is 1.08. The molecule has 1 aliphatic rings. The number of ether oxygens (including phenoxy) is 1. The molecule has 2 atom stereocenters. The minimum absolute atomic E-state index is 0.158. The van der Waals surface area contributed by atoms with Crippen molar-refractivity contribution in [3.63, 3.8) is 0 Å². The molecule has 2 unspecified atom stereocenters. The van der Waals surface area contributed by atoms with Gasteiger partial charge in [-0.05, 0) is 49.3 Å². The lowest BCUT2D eigenvalue weighted by atomic mass is 9.89. The zero-order valence-corrected chi connectivity index (χ0v) is 11.9. The number of benzene rings is 1. The summed E-state index contributed by atoms with van der Waals surface area (Å²) < 4.78 is 38.2. The van der Waals surface area contributed by atoms with Crippen LogP contribution in [-0.2, 0) is 21.3 Å². The van der Waals surface area contributed by atoms with Crippen molar-refractivity contribution in [2.24, 2.45) is 5.92 Å². The quantitative estimate of drug-likeness (QED) is 0.795. The second kappa shape index (κ2) is 6.03. The molecular formula is C14H19O4S-. The number of rotatable bonds is 4. The zero-order valence-electron chi connectivity index (χ0n) is 11.0. The van der Waals surface area contributed by atoms with E-state index in [1.54, 1.807) is 12.1 Å². The van der Waals surface area contributed by atoms with Crippen LogP contribution in [0.25, 0.3) is 0 Å². The van der Waals surface area contributed by atoms with E-state index >= 15 is 0 Å². The molecule has 1 aromatic rings. The Bertz CT molecular complexity index is 507. The highest BCUT2D eigenvalue weighted by molar-refractivity contribution is 7.85. The minimum Gasteiger partial charge on any atom is -0.744 e. The lowest BCUT2D eigenvalue weighted by Gasteiger charge is -2.29. The van der Waals surface area contributed by atoms with Crippen LogP contribution >= 0.6 is 0 Å². The molecule has 4 nitrogen and oxygen atoms in total. The minimum atomic E-state index is -4.34. The first-order valence-electron chi connectivity index (χ1n) is 6.65. The van der Waals surface area contributed by atoms with Crippen molar-refractivity contribution in [1.29, 1.82) is 0 Å². The molecule has 0 aromatic heterocycles. The third-order valence-electron chi connectivity index (χ3n) is 3.67. The maximum atomic E-state index is 10.8. The van der Waals surface area contributed by atoms with Crippen molar-refractivity contribution in [3.8, 4) is 0 Å². The molecule has 1 fully saturated rings. The summed E-state index contributed by atoms with van der Waals surface area (Å²) in [5.74, 6) is 0.577. The van der Waals surface area contributed by atoms with E-state index in [0.29, 0.717) is 12.0 Å². The van der Waals surface area contributed by atoms with Crippen molar-refractivity contribution in [2.75, 3.05) is 6.61 Å². The molecular weight excluding hydrogens is 264 g/mol. The van der Waals surface area contributed by atoms with Crippen molar-refractivity contribution in [3.05, 3.63) is 29.8 Å². The summed E-state index contributed by atoms with van der Waals surface area (Å²) in [5, 5.41) is 0. The highest BCUT2D eigenvalue weighted by Gasteiger charge is 2.21.